The predicted octanol–water partition coefficient (Wildman–Crippen LogP) is 4.36. The van der Waals surface area contributed by atoms with Gasteiger partial charge >= 0.3 is 0 Å². The summed E-state index contributed by atoms with van der Waals surface area (Å²) in [5.74, 6) is -1.08. The molecule has 0 aliphatic carbocycles. The van der Waals surface area contributed by atoms with Crippen molar-refractivity contribution in [1.29, 1.82) is 0 Å². The summed E-state index contributed by atoms with van der Waals surface area (Å²) in [6.45, 7) is 0. The van der Waals surface area contributed by atoms with Crippen LogP contribution in [0.15, 0.2) is 82.8 Å². The van der Waals surface area contributed by atoms with Gasteiger partial charge in [0.15, 0.2) is 0 Å². The minimum Gasteiger partial charge on any atom is -0.335 e. The van der Waals surface area contributed by atoms with E-state index in [1.54, 1.807) is 7.11 Å². The summed E-state index contributed by atoms with van der Waals surface area (Å²) in [4.78, 5) is 9.90. The number of nitrogens with zero attached hydrogens (tertiary/aromatic N) is 2. The van der Waals surface area contributed by atoms with Gasteiger partial charge in [-0.3, -0.25) is 0 Å². The Morgan fingerprint density at radius 3 is 1.62 bits per heavy atom. The molecule has 0 atom stereocenters. The van der Waals surface area contributed by atoms with Crippen LogP contribution in [0.2, 0.25) is 5.02 Å². The second kappa shape index (κ2) is 5.63. The zero-order valence-electron chi connectivity index (χ0n) is 14.1. The van der Waals surface area contributed by atoms with Gasteiger partial charge in [0, 0.05) is 28.5 Å². The lowest BCUT2D eigenvalue weighted by molar-refractivity contribution is -0.000352. The van der Waals surface area contributed by atoms with E-state index in [1.165, 1.54) is 10.8 Å². The molecule has 0 radical (unpaired) electrons. The zero-order chi connectivity index (χ0) is 17.7. The summed E-state index contributed by atoms with van der Waals surface area (Å²) >= 11 is 6.05. The molecule has 0 bridgehead atoms. The quantitative estimate of drug-likeness (QED) is 0.490. The Labute approximate surface area is 155 Å². The molecule has 0 N–H and O–H groups in total. The van der Waals surface area contributed by atoms with Crippen molar-refractivity contribution in [2.75, 3.05) is 7.11 Å². The number of fused-ring (bicyclic) bond motifs is 6. The van der Waals surface area contributed by atoms with Gasteiger partial charge in [-0.2, -0.15) is 0 Å². The van der Waals surface area contributed by atoms with E-state index in [0.717, 1.165) is 27.1 Å². The highest BCUT2D eigenvalue weighted by molar-refractivity contribution is 6.30. The molecule has 26 heavy (non-hydrogen) atoms. The molecule has 4 aromatic rings. The van der Waals surface area contributed by atoms with E-state index in [9.17, 15) is 0 Å². The van der Waals surface area contributed by atoms with Crippen LogP contribution in [0.3, 0.4) is 0 Å². The summed E-state index contributed by atoms with van der Waals surface area (Å²) in [6, 6.07) is 24.1. The number of hydrogen-bond donors (Lipinski definition) is 0. The number of benzene rings is 4. The van der Waals surface area contributed by atoms with E-state index >= 15 is 0 Å². The van der Waals surface area contributed by atoms with Gasteiger partial charge in [-0.25, -0.2) is 9.98 Å². The predicted molar refractivity (Wildman–Crippen MR) is 104 cm³/mol. The molecule has 0 fully saturated rings. The van der Waals surface area contributed by atoms with Gasteiger partial charge in [0.25, 0.3) is 5.85 Å². The molecule has 0 unspecified atom stereocenters. The van der Waals surface area contributed by atoms with Gasteiger partial charge < -0.3 is 4.74 Å². The Balaban J connectivity index is 1.95. The van der Waals surface area contributed by atoms with Gasteiger partial charge in [0.1, 0.15) is 0 Å². The van der Waals surface area contributed by atoms with E-state index in [1.807, 2.05) is 36.4 Å². The van der Waals surface area contributed by atoms with Crippen molar-refractivity contribution in [2.45, 2.75) is 5.85 Å². The van der Waals surface area contributed by atoms with Crippen molar-refractivity contribution in [2.24, 2.45) is 9.98 Å². The molecule has 4 aromatic carbocycles. The highest BCUT2D eigenvalue weighted by Crippen LogP contribution is 2.32. The van der Waals surface area contributed by atoms with Gasteiger partial charge in [-0.05, 0) is 22.9 Å². The minimum absolute atomic E-state index is 0.673. The van der Waals surface area contributed by atoms with Crippen molar-refractivity contribution in [3.05, 3.63) is 94.1 Å². The molecule has 126 valence electrons. The van der Waals surface area contributed by atoms with Crippen LogP contribution in [0.25, 0.3) is 21.5 Å². The number of rotatable bonds is 2. The standard InChI is InChI=1S/C22H15ClN2O/c1-26-22(14-10-12-15(23)13-11-14)24-20-18-8-4-2-6-16(18)17-7-3-5-9-19(17)21(20)25-22/h2-13H,1H3. The van der Waals surface area contributed by atoms with Crippen molar-refractivity contribution < 1.29 is 4.74 Å². The average Bonchev–Trinajstić information content (AvgIpc) is 3.10. The Hall–Kier alpha value is -2.75. The van der Waals surface area contributed by atoms with E-state index in [4.69, 9.17) is 26.3 Å². The van der Waals surface area contributed by atoms with Crippen LogP contribution in [0, 0.1) is 0 Å². The van der Waals surface area contributed by atoms with E-state index in [2.05, 4.69) is 36.4 Å². The molecular formula is C22H15ClN2O. The molecule has 0 spiro atoms. The summed E-state index contributed by atoms with van der Waals surface area (Å²) in [5, 5.41) is 6.92. The maximum Gasteiger partial charge on any atom is 0.285 e. The molecular weight excluding hydrogens is 344 g/mol. The summed E-state index contributed by atoms with van der Waals surface area (Å²) in [5.41, 5.74) is 0.855. The van der Waals surface area contributed by atoms with Gasteiger partial charge in [-0.15, -0.1) is 0 Å². The highest BCUT2D eigenvalue weighted by Gasteiger charge is 2.34. The highest BCUT2D eigenvalue weighted by atomic mass is 35.5. The Morgan fingerprint density at radius 2 is 1.15 bits per heavy atom. The van der Waals surface area contributed by atoms with Crippen molar-refractivity contribution in [3.8, 4) is 0 Å². The topological polar surface area (TPSA) is 34.0 Å². The van der Waals surface area contributed by atoms with Gasteiger partial charge in [-0.1, -0.05) is 72.3 Å². The summed E-state index contributed by atoms with van der Waals surface area (Å²) in [6.07, 6.45) is 0. The molecule has 1 aliphatic heterocycles. The minimum atomic E-state index is -1.08. The fraction of sp³-hybridized carbons (Fsp3) is 0.0909. The van der Waals surface area contributed by atoms with Crippen LogP contribution < -0.4 is 10.7 Å². The molecule has 5 rings (SSSR count). The van der Waals surface area contributed by atoms with Crippen LogP contribution in [-0.4, -0.2) is 7.11 Å². The lowest BCUT2D eigenvalue weighted by Crippen LogP contribution is -2.23. The van der Waals surface area contributed by atoms with Crippen LogP contribution in [0.1, 0.15) is 5.56 Å². The Kier molecular flexibility index (Phi) is 3.36. The molecule has 0 aromatic heterocycles. The van der Waals surface area contributed by atoms with Crippen LogP contribution in [0.4, 0.5) is 0 Å². The number of methoxy groups -OCH3 is 1. The third-order valence-electron chi connectivity index (χ3n) is 4.91. The van der Waals surface area contributed by atoms with Crippen molar-refractivity contribution >= 4 is 33.1 Å². The normalized spacial score (nSPS) is 14.8. The molecule has 4 heteroatoms. The van der Waals surface area contributed by atoms with E-state index < -0.39 is 5.85 Å². The Morgan fingerprint density at radius 1 is 0.692 bits per heavy atom. The molecule has 3 nitrogen and oxygen atoms in total. The number of ether oxygens (including phenoxy) is 1. The monoisotopic (exact) mass is 358 g/mol. The molecule has 0 amide bonds. The summed E-state index contributed by atoms with van der Waals surface area (Å²) in [7, 11) is 1.64. The SMILES string of the molecule is COC1(c2ccc(Cl)cc2)N=c2c(c3ccccc3c3ccccc23)=N1. The fourth-order valence-corrected chi connectivity index (χ4v) is 3.79. The molecule has 0 saturated carbocycles. The van der Waals surface area contributed by atoms with Crippen molar-refractivity contribution in [1.82, 2.24) is 0 Å². The third kappa shape index (κ3) is 2.11. The zero-order valence-corrected chi connectivity index (χ0v) is 14.9. The first-order valence-electron chi connectivity index (χ1n) is 8.42. The van der Waals surface area contributed by atoms with Gasteiger partial charge in [0.2, 0.25) is 0 Å². The maximum absolute atomic E-state index is 6.05. The smallest absolute Gasteiger partial charge is 0.285 e. The lowest BCUT2D eigenvalue weighted by Gasteiger charge is -2.21. The second-order valence-corrected chi connectivity index (χ2v) is 6.77. The van der Waals surface area contributed by atoms with Crippen LogP contribution >= 0.6 is 11.6 Å². The third-order valence-corrected chi connectivity index (χ3v) is 5.16. The number of hydrogen-bond acceptors (Lipinski definition) is 3. The van der Waals surface area contributed by atoms with E-state index in [-0.39, 0.29) is 0 Å². The maximum atomic E-state index is 6.05. The number of halogens is 1. The van der Waals surface area contributed by atoms with Gasteiger partial charge in [0.05, 0.1) is 10.7 Å². The lowest BCUT2D eigenvalue weighted by atomic mass is 10.0. The first-order valence-corrected chi connectivity index (χ1v) is 8.80. The molecule has 1 heterocycles. The van der Waals surface area contributed by atoms with Crippen molar-refractivity contribution in [3.63, 3.8) is 0 Å². The summed E-state index contributed by atoms with van der Waals surface area (Å²) < 4.78 is 5.83. The van der Waals surface area contributed by atoms with Crippen LogP contribution in [0.5, 0.6) is 0 Å². The molecule has 0 saturated heterocycles. The van der Waals surface area contributed by atoms with Crippen LogP contribution in [-0.2, 0) is 10.6 Å². The molecule has 1 aliphatic rings. The van der Waals surface area contributed by atoms with E-state index in [0.29, 0.717) is 5.02 Å². The first-order chi connectivity index (χ1) is 12.7. The average molecular weight is 359 g/mol. The fourth-order valence-electron chi connectivity index (χ4n) is 3.66. The largest absolute Gasteiger partial charge is 0.335 e. The Bertz CT molecular complexity index is 1200. The first kappa shape index (κ1) is 15.5. The second-order valence-electron chi connectivity index (χ2n) is 6.33.